The lowest BCUT2D eigenvalue weighted by atomic mass is 9.91. The monoisotopic (exact) mass is 369 g/mol. The number of para-hydroxylation sites is 1. The number of aryl methyl sites for hydroxylation is 1. The molecule has 2 atom stereocenters. The van der Waals surface area contributed by atoms with Gasteiger partial charge >= 0.3 is 0 Å². The number of pyridine rings is 1. The zero-order valence-electron chi connectivity index (χ0n) is 14.1. The summed E-state index contributed by atoms with van der Waals surface area (Å²) in [4.78, 5) is 19.6. The molecule has 0 aliphatic carbocycles. The first kappa shape index (κ1) is 20.7. The Bertz CT molecular complexity index is 708. The average molecular weight is 370 g/mol. The van der Waals surface area contributed by atoms with Crippen molar-refractivity contribution in [3.8, 4) is 0 Å². The van der Waals surface area contributed by atoms with E-state index in [0.29, 0.717) is 18.0 Å². The molecule has 0 spiro atoms. The second-order valence-corrected chi connectivity index (χ2v) is 6.35. The maximum Gasteiger partial charge on any atom is 0.256 e. The summed E-state index contributed by atoms with van der Waals surface area (Å²) in [6.07, 6.45) is 2.03. The van der Waals surface area contributed by atoms with E-state index in [-0.39, 0.29) is 36.8 Å². The van der Waals surface area contributed by atoms with Crippen LogP contribution in [0.1, 0.15) is 35.8 Å². The van der Waals surface area contributed by atoms with Gasteiger partial charge in [0, 0.05) is 30.2 Å². The third kappa shape index (κ3) is 4.00. The smallest absolute Gasteiger partial charge is 0.256 e. The number of hydrogen-bond donors (Lipinski definition) is 1. The van der Waals surface area contributed by atoms with E-state index < -0.39 is 0 Å². The van der Waals surface area contributed by atoms with Gasteiger partial charge in [0.1, 0.15) is 0 Å². The molecular weight excluding hydrogens is 345 g/mol. The van der Waals surface area contributed by atoms with Crippen molar-refractivity contribution in [2.24, 2.45) is 11.7 Å². The van der Waals surface area contributed by atoms with Crippen LogP contribution in [0.4, 0.5) is 0 Å². The fourth-order valence-electron chi connectivity index (χ4n) is 3.31. The topological polar surface area (TPSA) is 59.2 Å². The molecule has 1 saturated heterocycles. The summed E-state index contributed by atoms with van der Waals surface area (Å²) in [5.74, 6) is 0.691. The number of benzene rings is 1. The van der Waals surface area contributed by atoms with E-state index in [1.165, 1.54) is 0 Å². The number of nitrogens with two attached hydrogens (primary N) is 1. The summed E-state index contributed by atoms with van der Waals surface area (Å²) in [5.41, 5.74) is 8.31. The van der Waals surface area contributed by atoms with Crippen LogP contribution in [0.2, 0.25) is 0 Å². The van der Waals surface area contributed by atoms with Crippen LogP contribution in [0.3, 0.4) is 0 Å². The molecule has 24 heavy (non-hydrogen) atoms. The third-order valence-electron chi connectivity index (χ3n) is 4.60. The highest BCUT2D eigenvalue weighted by atomic mass is 35.5. The van der Waals surface area contributed by atoms with Crippen LogP contribution in [0.5, 0.6) is 0 Å². The minimum atomic E-state index is 0. The van der Waals surface area contributed by atoms with Crippen molar-refractivity contribution >= 4 is 41.6 Å². The zero-order chi connectivity index (χ0) is 15.7. The molecule has 1 aromatic carbocycles. The number of likely N-dealkylation sites (tertiary alicyclic amines) is 1. The maximum atomic E-state index is 13.0. The van der Waals surface area contributed by atoms with E-state index in [9.17, 15) is 4.79 Å². The molecule has 2 aromatic rings. The van der Waals surface area contributed by atoms with Crippen molar-refractivity contribution in [1.29, 1.82) is 0 Å². The van der Waals surface area contributed by atoms with E-state index in [0.717, 1.165) is 36.0 Å². The number of rotatable bonds is 2. The molecule has 3 rings (SSSR count). The summed E-state index contributed by atoms with van der Waals surface area (Å²) in [6.45, 7) is 5.48. The van der Waals surface area contributed by atoms with E-state index in [2.05, 4.69) is 11.9 Å². The van der Waals surface area contributed by atoms with Gasteiger partial charge < -0.3 is 10.6 Å². The predicted octanol–water partition coefficient (Wildman–Crippen LogP) is 3.59. The number of amides is 1. The van der Waals surface area contributed by atoms with Gasteiger partial charge in [-0.1, -0.05) is 25.1 Å². The number of piperidine rings is 1. The zero-order valence-corrected chi connectivity index (χ0v) is 15.7. The molecular formula is C18H25Cl2N3O. The Balaban J connectivity index is 0.00000144. The van der Waals surface area contributed by atoms with E-state index in [4.69, 9.17) is 5.73 Å². The number of halogens is 2. The average Bonchev–Trinajstić information content (AvgIpc) is 2.53. The van der Waals surface area contributed by atoms with Crippen LogP contribution in [0.25, 0.3) is 10.9 Å². The van der Waals surface area contributed by atoms with Crippen LogP contribution < -0.4 is 5.73 Å². The Labute approximate surface area is 155 Å². The van der Waals surface area contributed by atoms with Crippen LogP contribution in [-0.4, -0.2) is 34.9 Å². The van der Waals surface area contributed by atoms with Crippen molar-refractivity contribution in [2.45, 2.75) is 32.7 Å². The largest absolute Gasteiger partial charge is 0.334 e. The molecule has 0 radical (unpaired) electrons. The summed E-state index contributed by atoms with van der Waals surface area (Å²) in [6, 6.07) is 9.93. The van der Waals surface area contributed by atoms with Gasteiger partial charge in [0.15, 0.2) is 0 Å². The second kappa shape index (κ2) is 8.65. The van der Waals surface area contributed by atoms with Crippen molar-refractivity contribution in [2.75, 3.05) is 13.1 Å². The standard InChI is InChI=1S/C18H23N3O.2ClH/c1-12-8-9-21(15(10-12)11-19)18(22)16-5-3-4-14-7-6-13(2)20-17(14)16;;/h3-7,12,15H,8-11,19H2,1-2H3;2*1H. The minimum Gasteiger partial charge on any atom is -0.334 e. The number of aromatic nitrogens is 1. The van der Waals surface area contributed by atoms with E-state index >= 15 is 0 Å². The Morgan fingerprint density at radius 1 is 1.29 bits per heavy atom. The molecule has 2 unspecified atom stereocenters. The lowest BCUT2D eigenvalue weighted by molar-refractivity contribution is 0.0575. The summed E-state index contributed by atoms with van der Waals surface area (Å²) >= 11 is 0. The van der Waals surface area contributed by atoms with E-state index in [1.54, 1.807) is 0 Å². The van der Waals surface area contributed by atoms with Gasteiger partial charge in [0.2, 0.25) is 0 Å². The Kier molecular flexibility index (Phi) is 7.46. The normalized spacial score (nSPS) is 20.2. The highest BCUT2D eigenvalue weighted by molar-refractivity contribution is 6.05. The van der Waals surface area contributed by atoms with Gasteiger partial charge in [0.25, 0.3) is 5.91 Å². The fourth-order valence-corrected chi connectivity index (χ4v) is 3.31. The van der Waals surface area contributed by atoms with Crippen molar-refractivity contribution in [3.05, 3.63) is 41.6 Å². The Morgan fingerprint density at radius 2 is 2.04 bits per heavy atom. The molecule has 1 aromatic heterocycles. The molecule has 2 heterocycles. The number of carbonyl (C=O) groups excluding carboxylic acids is 1. The molecule has 4 nitrogen and oxygen atoms in total. The Hall–Kier alpha value is -1.36. The lowest BCUT2D eigenvalue weighted by Crippen LogP contribution is -2.49. The van der Waals surface area contributed by atoms with Gasteiger partial charge in [-0.3, -0.25) is 9.78 Å². The maximum absolute atomic E-state index is 13.0. The van der Waals surface area contributed by atoms with Gasteiger partial charge in [-0.25, -0.2) is 0 Å². The van der Waals surface area contributed by atoms with Crippen LogP contribution >= 0.6 is 24.8 Å². The highest BCUT2D eigenvalue weighted by Crippen LogP contribution is 2.26. The molecule has 1 fully saturated rings. The number of fused-ring (bicyclic) bond motifs is 1. The number of hydrogen-bond acceptors (Lipinski definition) is 3. The first-order valence-corrected chi connectivity index (χ1v) is 7.97. The predicted molar refractivity (Wildman–Crippen MR) is 103 cm³/mol. The molecule has 0 saturated carbocycles. The van der Waals surface area contributed by atoms with Crippen LogP contribution in [-0.2, 0) is 0 Å². The van der Waals surface area contributed by atoms with E-state index in [1.807, 2.05) is 42.2 Å². The highest BCUT2D eigenvalue weighted by Gasteiger charge is 2.30. The first-order valence-electron chi connectivity index (χ1n) is 7.97. The fraction of sp³-hybridized carbons (Fsp3) is 0.444. The quantitative estimate of drug-likeness (QED) is 0.879. The number of nitrogens with zero attached hydrogens (tertiary/aromatic N) is 2. The van der Waals surface area contributed by atoms with Crippen molar-refractivity contribution in [3.63, 3.8) is 0 Å². The molecule has 6 heteroatoms. The summed E-state index contributed by atoms with van der Waals surface area (Å²) < 4.78 is 0. The SMILES string of the molecule is Cc1ccc2cccc(C(=O)N3CCC(C)CC3CN)c2n1.Cl.Cl. The minimum absolute atomic E-state index is 0. The van der Waals surface area contributed by atoms with Crippen LogP contribution in [0.15, 0.2) is 30.3 Å². The van der Waals surface area contributed by atoms with Gasteiger partial charge in [0.05, 0.1) is 11.1 Å². The summed E-state index contributed by atoms with van der Waals surface area (Å²) in [7, 11) is 0. The molecule has 0 bridgehead atoms. The van der Waals surface area contributed by atoms with Crippen molar-refractivity contribution in [1.82, 2.24) is 9.88 Å². The molecule has 2 N–H and O–H groups in total. The van der Waals surface area contributed by atoms with Crippen LogP contribution in [0, 0.1) is 12.8 Å². The van der Waals surface area contributed by atoms with Gasteiger partial charge in [-0.05, 0) is 37.8 Å². The first-order chi connectivity index (χ1) is 10.6. The lowest BCUT2D eigenvalue weighted by Gasteiger charge is -2.38. The second-order valence-electron chi connectivity index (χ2n) is 6.35. The molecule has 1 aliphatic rings. The summed E-state index contributed by atoms with van der Waals surface area (Å²) in [5, 5.41) is 1.01. The molecule has 1 amide bonds. The third-order valence-corrected chi connectivity index (χ3v) is 4.60. The molecule has 1 aliphatic heterocycles. The Morgan fingerprint density at radius 3 is 2.75 bits per heavy atom. The van der Waals surface area contributed by atoms with Gasteiger partial charge in [-0.2, -0.15) is 0 Å². The molecule has 132 valence electrons. The van der Waals surface area contributed by atoms with Crippen molar-refractivity contribution < 1.29 is 4.79 Å². The van der Waals surface area contributed by atoms with Gasteiger partial charge in [-0.15, -0.1) is 24.8 Å². The number of carbonyl (C=O) groups is 1.